The molecule has 0 aliphatic heterocycles. The fraction of sp³-hybridized carbons (Fsp3) is 0.800. The first-order chi connectivity index (χ1) is 7.66. The van der Waals surface area contributed by atoms with Gasteiger partial charge in [0.05, 0.1) is 26.4 Å². The van der Waals surface area contributed by atoms with Crippen LogP contribution in [-0.2, 0) is 28.5 Å². The van der Waals surface area contributed by atoms with E-state index in [-0.39, 0.29) is 25.2 Å². The van der Waals surface area contributed by atoms with E-state index in [2.05, 4.69) is 9.47 Å². The van der Waals surface area contributed by atoms with Crippen LogP contribution < -0.4 is 0 Å². The third-order valence-electron chi connectivity index (χ3n) is 1.43. The van der Waals surface area contributed by atoms with Crippen LogP contribution in [0.5, 0.6) is 0 Å². The molecule has 0 saturated heterocycles. The molecule has 0 bridgehead atoms. The van der Waals surface area contributed by atoms with E-state index in [1.165, 1.54) is 6.92 Å². The Morgan fingerprint density at radius 2 is 1.56 bits per heavy atom. The van der Waals surface area contributed by atoms with Gasteiger partial charge in [0.15, 0.2) is 0 Å². The highest BCUT2D eigenvalue weighted by atomic mass is 16.6. The van der Waals surface area contributed by atoms with Crippen LogP contribution in [0.2, 0.25) is 0 Å². The van der Waals surface area contributed by atoms with E-state index in [9.17, 15) is 9.59 Å². The zero-order chi connectivity index (χ0) is 12.2. The molecule has 0 atom stereocenters. The van der Waals surface area contributed by atoms with Gasteiger partial charge in [0.2, 0.25) is 0 Å². The lowest BCUT2D eigenvalue weighted by atomic mass is 10.7. The average Bonchev–Trinajstić information content (AvgIpc) is 2.22. The number of esters is 2. The van der Waals surface area contributed by atoms with Crippen LogP contribution >= 0.6 is 0 Å². The van der Waals surface area contributed by atoms with Crippen LogP contribution in [0.25, 0.3) is 0 Å². The maximum Gasteiger partial charge on any atom is 0.332 e. The van der Waals surface area contributed by atoms with Crippen molar-refractivity contribution >= 4 is 11.9 Å². The van der Waals surface area contributed by atoms with E-state index in [1.807, 2.05) is 0 Å². The highest BCUT2D eigenvalue weighted by Gasteiger charge is 2.00. The van der Waals surface area contributed by atoms with Crippen molar-refractivity contribution in [3.05, 3.63) is 0 Å². The normalized spacial score (nSPS) is 9.88. The van der Waals surface area contributed by atoms with E-state index in [4.69, 9.17) is 9.47 Å². The molecule has 0 rings (SSSR count). The minimum absolute atomic E-state index is 0.0683. The predicted octanol–water partition coefficient (Wildman–Crippen LogP) is 0.146. The fourth-order valence-corrected chi connectivity index (χ4v) is 0.822. The molecule has 0 spiro atoms. The Morgan fingerprint density at radius 1 is 0.938 bits per heavy atom. The minimum Gasteiger partial charge on any atom is -0.464 e. The molecule has 0 amide bonds. The number of carbonyl (C=O) groups excluding carboxylic acids is 2. The van der Waals surface area contributed by atoms with Gasteiger partial charge in [0, 0.05) is 6.92 Å². The summed E-state index contributed by atoms with van der Waals surface area (Å²) in [5.74, 6) is -0.718. The van der Waals surface area contributed by atoms with Crippen LogP contribution in [0.15, 0.2) is 0 Å². The molecule has 0 heterocycles. The summed E-state index contributed by atoms with van der Waals surface area (Å²) in [5, 5.41) is 0. The quantitative estimate of drug-likeness (QED) is 0.417. The van der Waals surface area contributed by atoms with Crippen molar-refractivity contribution in [3.8, 4) is 0 Å². The first-order valence-corrected chi connectivity index (χ1v) is 5.11. The summed E-state index contributed by atoms with van der Waals surface area (Å²) in [6.45, 7) is 4.55. The van der Waals surface area contributed by atoms with Gasteiger partial charge >= 0.3 is 11.9 Å². The molecule has 0 aliphatic rings. The topological polar surface area (TPSA) is 71.1 Å². The molecule has 94 valence electrons. The van der Waals surface area contributed by atoms with E-state index in [0.29, 0.717) is 26.4 Å². The Bertz CT molecular complexity index is 203. The number of carbonyl (C=O) groups is 2. The first kappa shape index (κ1) is 14.9. The third-order valence-corrected chi connectivity index (χ3v) is 1.43. The fourth-order valence-electron chi connectivity index (χ4n) is 0.822. The van der Waals surface area contributed by atoms with E-state index in [0.717, 1.165) is 0 Å². The summed E-state index contributed by atoms with van der Waals surface area (Å²) in [4.78, 5) is 21.2. The summed E-state index contributed by atoms with van der Waals surface area (Å²) < 4.78 is 19.3. The molecule has 0 saturated carbocycles. The number of hydrogen-bond donors (Lipinski definition) is 0. The lowest BCUT2D eigenvalue weighted by molar-refractivity contribution is -0.149. The molecule has 0 aliphatic carbocycles. The van der Waals surface area contributed by atoms with Gasteiger partial charge in [-0.15, -0.1) is 0 Å². The van der Waals surface area contributed by atoms with Crippen molar-refractivity contribution in [1.29, 1.82) is 0 Å². The first-order valence-electron chi connectivity index (χ1n) is 5.11. The van der Waals surface area contributed by atoms with Crippen LogP contribution in [0.3, 0.4) is 0 Å². The summed E-state index contributed by atoms with van der Waals surface area (Å²) in [7, 11) is 0. The van der Waals surface area contributed by atoms with Gasteiger partial charge in [0.1, 0.15) is 13.2 Å². The lowest BCUT2D eigenvalue weighted by Gasteiger charge is -2.05. The summed E-state index contributed by atoms with van der Waals surface area (Å²) >= 11 is 0. The zero-order valence-electron chi connectivity index (χ0n) is 9.69. The van der Waals surface area contributed by atoms with Crippen LogP contribution in [0.4, 0.5) is 0 Å². The maximum atomic E-state index is 10.8. The van der Waals surface area contributed by atoms with Gasteiger partial charge in [0.25, 0.3) is 0 Å². The van der Waals surface area contributed by atoms with Crippen molar-refractivity contribution < 1.29 is 28.5 Å². The summed E-state index contributed by atoms with van der Waals surface area (Å²) in [6.07, 6.45) is 0. The van der Waals surface area contributed by atoms with Crippen molar-refractivity contribution in [2.75, 3.05) is 39.6 Å². The SMILES string of the molecule is CCOC(=O)COCCOCCOC(C)=O. The maximum absolute atomic E-state index is 10.8. The predicted molar refractivity (Wildman–Crippen MR) is 54.9 cm³/mol. The Hall–Kier alpha value is -1.14. The second-order valence-corrected chi connectivity index (χ2v) is 2.81. The number of ether oxygens (including phenoxy) is 4. The van der Waals surface area contributed by atoms with Crippen LogP contribution in [-0.4, -0.2) is 51.6 Å². The molecular weight excluding hydrogens is 216 g/mol. The molecule has 0 radical (unpaired) electrons. The molecule has 0 fully saturated rings. The van der Waals surface area contributed by atoms with Gasteiger partial charge in [-0.25, -0.2) is 4.79 Å². The standard InChI is InChI=1S/C10H18O6/c1-3-15-10(12)8-14-5-4-13-6-7-16-9(2)11/h3-8H2,1-2H3. The smallest absolute Gasteiger partial charge is 0.332 e. The van der Waals surface area contributed by atoms with E-state index >= 15 is 0 Å². The lowest BCUT2D eigenvalue weighted by Crippen LogP contribution is -2.16. The average molecular weight is 234 g/mol. The molecule has 0 unspecified atom stereocenters. The largest absolute Gasteiger partial charge is 0.464 e. The zero-order valence-corrected chi connectivity index (χ0v) is 9.69. The van der Waals surface area contributed by atoms with Crippen molar-refractivity contribution in [1.82, 2.24) is 0 Å². The van der Waals surface area contributed by atoms with Crippen LogP contribution in [0, 0.1) is 0 Å². The van der Waals surface area contributed by atoms with Gasteiger partial charge in [-0.3, -0.25) is 4.79 Å². The highest BCUT2D eigenvalue weighted by molar-refractivity contribution is 5.70. The van der Waals surface area contributed by atoms with Crippen molar-refractivity contribution in [2.45, 2.75) is 13.8 Å². The van der Waals surface area contributed by atoms with E-state index in [1.54, 1.807) is 6.92 Å². The number of rotatable bonds is 9. The molecule has 0 aromatic carbocycles. The highest BCUT2D eigenvalue weighted by Crippen LogP contribution is 1.84. The third kappa shape index (κ3) is 10.9. The van der Waals surface area contributed by atoms with Gasteiger partial charge in [-0.1, -0.05) is 0 Å². The summed E-state index contributed by atoms with van der Waals surface area (Å²) in [6, 6.07) is 0. The number of hydrogen-bond acceptors (Lipinski definition) is 6. The Morgan fingerprint density at radius 3 is 2.19 bits per heavy atom. The molecule has 0 N–H and O–H groups in total. The Balaban J connectivity index is 3.09. The molecule has 16 heavy (non-hydrogen) atoms. The van der Waals surface area contributed by atoms with Gasteiger partial charge in [-0.05, 0) is 6.92 Å². The Kier molecular flexibility index (Phi) is 9.64. The molecule has 6 nitrogen and oxygen atoms in total. The monoisotopic (exact) mass is 234 g/mol. The Labute approximate surface area is 94.8 Å². The molecular formula is C10H18O6. The van der Waals surface area contributed by atoms with E-state index < -0.39 is 0 Å². The minimum atomic E-state index is -0.387. The van der Waals surface area contributed by atoms with Crippen LogP contribution in [0.1, 0.15) is 13.8 Å². The molecule has 0 aromatic rings. The molecule has 6 heteroatoms. The van der Waals surface area contributed by atoms with Crippen molar-refractivity contribution in [2.24, 2.45) is 0 Å². The second kappa shape index (κ2) is 10.4. The van der Waals surface area contributed by atoms with Gasteiger partial charge in [-0.2, -0.15) is 0 Å². The summed E-state index contributed by atoms with van der Waals surface area (Å²) in [5.41, 5.74) is 0. The van der Waals surface area contributed by atoms with Gasteiger partial charge < -0.3 is 18.9 Å². The second-order valence-electron chi connectivity index (χ2n) is 2.81. The van der Waals surface area contributed by atoms with Crippen molar-refractivity contribution in [3.63, 3.8) is 0 Å². The molecule has 0 aromatic heterocycles.